The lowest BCUT2D eigenvalue weighted by Gasteiger charge is -2.08. The molecule has 0 aliphatic rings. The molecule has 7 nitrogen and oxygen atoms in total. The van der Waals surface area contributed by atoms with E-state index in [2.05, 4.69) is 27.0 Å². The smallest absolute Gasteiger partial charge is 0.335 e. The van der Waals surface area contributed by atoms with Gasteiger partial charge in [0.1, 0.15) is 0 Å². The molecule has 0 aliphatic carbocycles. The fourth-order valence-electron chi connectivity index (χ4n) is 3.41. The van der Waals surface area contributed by atoms with Crippen molar-refractivity contribution >= 4 is 22.7 Å². The third-order valence-corrected chi connectivity index (χ3v) is 5.00. The molecule has 0 unspecified atom stereocenters. The molecule has 1 heterocycles. The minimum atomic E-state index is -0.927. The maximum Gasteiger partial charge on any atom is 0.335 e. The van der Waals surface area contributed by atoms with Crippen LogP contribution in [0.3, 0.4) is 0 Å². The van der Waals surface area contributed by atoms with Gasteiger partial charge in [0, 0.05) is 29.2 Å². The van der Waals surface area contributed by atoms with Crippen LogP contribution in [0.2, 0.25) is 0 Å². The number of benzene rings is 3. The summed E-state index contributed by atoms with van der Waals surface area (Å²) < 4.78 is 2.15. The summed E-state index contributed by atoms with van der Waals surface area (Å²) in [5.74, 6) is -0.712. The molecule has 4 rings (SSSR count). The van der Waals surface area contributed by atoms with Crippen LogP contribution in [0.25, 0.3) is 22.0 Å². The van der Waals surface area contributed by atoms with Crippen LogP contribution in [0.1, 0.15) is 21.5 Å². The Hall–Kier alpha value is -4.26. The predicted octanol–water partition coefficient (Wildman–Crippen LogP) is 4.71. The number of carboxylic acids is 1. The minimum absolute atomic E-state index is 0.214. The SMILES string of the molecule is N=NN=C(N)c1ccc2c(ccn2Cc2ccc(-c3ccc(C(=O)O)cc3)cc2)c1. The summed E-state index contributed by atoms with van der Waals surface area (Å²) in [7, 11) is 0. The van der Waals surface area contributed by atoms with Gasteiger partial charge >= 0.3 is 5.97 Å². The van der Waals surface area contributed by atoms with E-state index < -0.39 is 5.97 Å². The van der Waals surface area contributed by atoms with Gasteiger partial charge in [0.25, 0.3) is 0 Å². The summed E-state index contributed by atoms with van der Waals surface area (Å²) in [6, 6.07) is 22.9. The van der Waals surface area contributed by atoms with Crippen molar-refractivity contribution in [3.8, 4) is 11.1 Å². The maximum atomic E-state index is 11.0. The van der Waals surface area contributed by atoms with Crippen LogP contribution >= 0.6 is 0 Å². The van der Waals surface area contributed by atoms with E-state index in [1.54, 1.807) is 12.1 Å². The normalized spacial score (nSPS) is 11.5. The van der Waals surface area contributed by atoms with Gasteiger partial charge in [-0.15, -0.1) is 5.10 Å². The molecule has 7 heteroatoms. The number of carbonyl (C=O) groups is 1. The number of nitrogens with two attached hydrogens (primary N) is 1. The van der Waals surface area contributed by atoms with Crippen molar-refractivity contribution in [3.05, 3.63) is 95.7 Å². The summed E-state index contributed by atoms with van der Waals surface area (Å²) in [5.41, 5.74) is 17.9. The van der Waals surface area contributed by atoms with Crippen LogP contribution in [-0.4, -0.2) is 21.5 Å². The summed E-state index contributed by atoms with van der Waals surface area (Å²) in [6.45, 7) is 0.715. The van der Waals surface area contributed by atoms with E-state index in [-0.39, 0.29) is 11.4 Å². The Balaban J connectivity index is 1.54. The second kappa shape index (κ2) is 8.00. The maximum absolute atomic E-state index is 11.0. The lowest BCUT2D eigenvalue weighted by atomic mass is 10.0. The Morgan fingerprint density at radius 1 is 0.933 bits per heavy atom. The molecule has 0 amide bonds. The number of hydrogen-bond acceptors (Lipinski definition) is 3. The van der Waals surface area contributed by atoms with Gasteiger partial charge in [-0.25, -0.2) is 4.79 Å². The fraction of sp³-hybridized carbons (Fsp3) is 0.0435. The number of nitrogens with zero attached hydrogens (tertiary/aromatic N) is 3. The first kappa shape index (κ1) is 19.1. The molecule has 0 atom stereocenters. The molecule has 0 saturated heterocycles. The molecule has 1 aromatic heterocycles. The first-order valence-electron chi connectivity index (χ1n) is 9.27. The summed E-state index contributed by atoms with van der Waals surface area (Å²) in [5, 5.41) is 16.6. The van der Waals surface area contributed by atoms with Crippen LogP contribution < -0.4 is 5.73 Å². The Morgan fingerprint density at radius 2 is 1.57 bits per heavy atom. The highest BCUT2D eigenvalue weighted by atomic mass is 16.4. The number of rotatable bonds is 6. The second-order valence-corrected chi connectivity index (χ2v) is 6.88. The van der Waals surface area contributed by atoms with Gasteiger partial charge < -0.3 is 15.4 Å². The quantitative estimate of drug-likeness (QED) is 0.189. The third-order valence-electron chi connectivity index (χ3n) is 5.00. The molecule has 0 fully saturated rings. The van der Waals surface area contributed by atoms with Crippen LogP contribution in [-0.2, 0) is 6.54 Å². The number of amidine groups is 1. The highest BCUT2D eigenvalue weighted by molar-refractivity contribution is 6.00. The van der Waals surface area contributed by atoms with Gasteiger partial charge in [-0.1, -0.05) is 41.6 Å². The van der Waals surface area contributed by atoms with E-state index >= 15 is 0 Å². The molecule has 148 valence electrons. The van der Waals surface area contributed by atoms with Crippen molar-refractivity contribution in [3.63, 3.8) is 0 Å². The van der Waals surface area contributed by atoms with Crippen LogP contribution in [0.15, 0.2) is 89.3 Å². The lowest BCUT2D eigenvalue weighted by Crippen LogP contribution is -2.12. The van der Waals surface area contributed by atoms with Crippen LogP contribution in [0.4, 0.5) is 0 Å². The van der Waals surface area contributed by atoms with Crippen LogP contribution in [0, 0.1) is 5.53 Å². The molecular formula is C23H19N5O2. The largest absolute Gasteiger partial charge is 0.478 e. The number of nitrogens with one attached hydrogen (secondary N) is 1. The lowest BCUT2D eigenvalue weighted by molar-refractivity contribution is 0.0697. The van der Waals surface area contributed by atoms with Crippen molar-refractivity contribution in [1.82, 2.24) is 4.57 Å². The molecule has 0 spiro atoms. The molecular weight excluding hydrogens is 378 g/mol. The zero-order valence-corrected chi connectivity index (χ0v) is 16.0. The predicted molar refractivity (Wildman–Crippen MR) is 116 cm³/mol. The minimum Gasteiger partial charge on any atom is -0.478 e. The summed E-state index contributed by atoms with van der Waals surface area (Å²) in [6.07, 6.45) is 2.02. The Kier molecular flexibility index (Phi) is 5.09. The fourth-order valence-corrected chi connectivity index (χ4v) is 3.41. The van der Waals surface area contributed by atoms with Gasteiger partial charge in [-0.05, 0) is 53.1 Å². The van der Waals surface area contributed by atoms with Crippen molar-refractivity contribution in [2.24, 2.45) is 16.1 Å². The Bertz CT molecular complexity index is 1260. The zero-order valence-electron chi connectivity index (χ0n) is 16.0. The molecule has 0 aliphatic heterocycles. The highest BCUT2D eigenvalue weighted by Crippen LogP contribution is 2.23. The Labute approximate surface area is 172 Å². The van der Waals surface area contributed by atoms with E-state index in [1.165, 1.54) is 0 Å². The number of hydrogen-bond donors (Lipinski definition) is 3. The van der Waals surface area contributed by atoms with Gasteiger partial charge in [0.2, 0.25) is 0 Å². The van der Waals surface area contributed by atoms with E-state index in [1.807, 2.05) is 54.7 Å². The van der Waals surface area contributed by atoms with E-state index in [9.17, 15) is 4.79 Å². The average molecular weight is 397 g/mol. The second-order valence-electron chi connectivity index (χ2n) is 6.88. The molecule has 4 aromatic rings. The molecule has 30 heavy (non-hydrogen) atoms. The molecule has 3 aromatic carbocycles. The highest BCUT2D eigenvalue weighted by Gasteiger charge is 2.07. The first-order valence-corrected chi connectivity index (χ1v) is 9.27. The topological polar surface area (TPSA) is 117 Å². The average Bonchev–Trinajstić information content (AvgIpc) is 3.16. The molecule has 0 radical (unpaired) electrons. The molecule has 0 bridgehead atoms. The Morgan fingerprint density at radius 3 is 2.20 bits per heavy atom. The number of fused-ring (bicyclic) bond motifs is 1. The third kappa shape index (κ3) is 3.81. The summed E-state index contributed by atoms with van der Waals surface area (Å²) in [4.78, 5) is 11.0. The van der Waals surface area contributed by atoms with Gasteiger partial charge in [-0.3, -0.25) is 0 Å². The van der Waals surface area contributed by atoms with Crippen molar-refractivity contribution < 1.29 is 9.90 Å². The van der Waals surface area contributed by atoms with Crippen molar-refractivity contribution in [2.45, 2.75) is 6.54 Å². The number of carboxylic acid groups (broad SMARTS) is 1. The first-order chi connectivity index (χ1) is 14.5. The molecule has 4 N–H and O–H groups in total. The summed E-state index contributed by atoms with van der Waals surface area (Å²) >= 11 is 0. The van der Waals surface area contributed by atoms with Crippen LogP contribution in [0.5, 0.6) is 0 Å². The van der Waals surface area contributed by atoms with Gasteiger partial charge in [0.05, 0.1) is 5.56 Å². The van der Waals surface area contributed by atoms with E-state index in [4.69, 9.17) is 16.4 Å². The van der Waals surface area contributed by atoms with Gasteiger partial charge in [-0.2, -0.15) is 5.53 Å². The monoisotopic (exact) mass is 397 g/mol. The standard InChI is InChI=1S/C23H19N5O2/c24-22(26-27-25)20-9-10-21-19(13-20)11-12-28(21)14-15-1-3-16(4-2-15)17-5-7-18(8-6-17)23(29)30/h1-13H,14H2,(H,29,30)(H3,24,25,26). The van der Waals surface area contributed by atoms with E-state index in [0.29, 0.717) is 6.54 Å². The van der Waals surface area contributed by atoms with Gasteiger partial charge in [0.15, 0.2) is 5.84 Å². The van der Waals surface area contributed by atoms with E-state index in [0.717, 1.165) is 33.2 Å². The number of aromatic nitrogens is 1. The molecule has 0 saturated carbocycles. The number of aromatic carboxylic acids is 1. The van der Waals surface area contributed by atoms with Crippen molar-refractivity contribution in [1.29, 1.82) is 5.53 Å². The zero-order chi connectivity index (χ0) is 21.1. The van der Waals surface area contributed by atoms with Crippen molar-refractivity contribution in [2.75, 3.05) is 0 Å².